The van der Waals surface area contributed by atoms with Crippen molar-refractivity contribution < 1.29 is 4.52 Å². The maximum absolute atomic E-state index is 5.48. The number of rotatable bonds is 10. The maximum atomic E-state index is 5.48. The quantitative estimate of drug-likeness (QED) is 0.668. The minimum atomic E-state index is 0.764. The Bertz CT molecular complexity index is 385. The van der Waals surface area contributed by atoms with E-state index in [2.05, 4.69) is 42.2 Å². The number of aromatic nitrogens is 1. The van der Waals surface area contributed by atoms with Crippen molar-refractivity contribution in [2.24, 2.45) is 5.92 Å². The Morgan fingerprint density at radius 2 is 2.25 bits per heavy atom. The molecule has 114 valence electrons. The van der Waals surface area contributed by atoms with E-state index in [1.165, 1.54) is 25.8 Å². The molecule has 0 aliphatic heterocycles. The summed E-state index contributed by atoms with van der Waals surface area (Å²) >= 11 is 0. The average molecular weight is 279 g/mol. The zero-order valence-corrected chi connectivity index (χ0v) is 13.2. The molecule has 4 heteroatoms. The fraction of sp³-hybridized carbons (Fsp3) is 0.812. The second-order valence-corrected chi connectivity index (χ2v) is 6.35. The highest BCUT2D eigenvalue weighted by Gasteiger charge is 2.29. The number of nitrogens with zero attached hydrogens (tertiary/aromatic N) is 2. The van der Waals surface area contributed by atoms with Gasteiger partial charge in [0.25, 0.3) is 0 Å². The van der Waals surface area contributed by atoms with Gasteiger partial charge in [0.05, 0.1) is 12.2 Å². The van der Waals surface area contributed by atoms with Crippen LogP contribution in [0.3, 0.4) is 0 Å². The molecule has 20 heavy (non-hydrogen) atoms. The van der Waals surface area contributed by atoms with E-state index >= 15 is 0 Å². The van der Waals surface area contributed by atoms with E-state index in [0.717, 1.165) is 49.5 Å². The highest BCUT2D eigenvalue weighted by Crippen LogP contribution is 2.29. The number of hydrogen-bond acceptors (Lipinski definition) is 4. The van der Waals surface area contributed by atoms with E-state index in [1.807, 2.05) is 0 Å². The average Bonchev–Trinajstić information content (AvgIpc) is 3.16. The normalized spacial score (nSPS) is 15.4. The molecule has 0 atom stereocenters. The van der Waals surface area contributed by atoms with Crippen molar-refractivity contribution in [3.05, 3.63) is 17.5 Å². The molecular formula is C16H29N3O. The van der Waals surface area contributed by atoms with Gasteiger partial charge < -0.3 is 9.84 Å². The van der Waals surface area contributed by atoms with E-state index in [1.54, 1.807) is 0 Å². The van der Waals surface area contributed by atoms with Gasteiger partial charge in [-0.2, -0.15) is 0 Å². The monoisotopic (exact) mass is 279 g/mol. The molecule has 1 aliphatic carbocycles. The summed E-state index contributed by atoms with van der Waals surface area (Å²) in [5, 5.41) is 7.51. The van der Waals surface area contributed by atoms with Crippen molar-refractivity contribution in [2.45, 2.75) is 65.6 Å². The van der Waals surface area contributed by atoms with Crippen LogP contribution < -0.4 is 5.32 Å². The van der Waals surface area contributed by atoms with Crippen LogP contribution >= 0.6 is 0 Å². The molecule has 1 aromatic heterocycles. The molecule has 1 N–H and O–H groups in total. The van der Waals surface area contributed by atoms with Gasteiger partial charge in [-0.15, -0.1) is 0 Å². The van der Waals surface area contributed by atoms with Gasteiger partial charge in [-0.05, 0) is 44.7 Å². The van der Waals surface area contributed by atoms with Gasteiger partial charge in [0.2, 0.25) is 0 Å². The van der Waals surface area contributed by atoms with E-state index in [4.69, 9.17) is 4.52 Å². The van der Waals surface area contributed by atoms with Crippen LogP contribution in [0.4, 0.5) is 0 Å². The second kappa shape index (κ2) is 7.79. The summed E-state index contributed by atoms with van der Waals surface area (Å²) in [5.41, 5.74) is 1.02. The van der Waals surface area contributed by atoms with E-state index in [0.29, 0.717) is 0 Å². The van der Waals surface area contributed by atoms with Crippen molar-refractivity contribution in [1.29, 1.82) is 0 Å². The van der Waals surface area contributed by atoms with Gasteiger partial charge in [-0.3, -0.25) is 4.90 Å². The number of hydrogen-bond donors (Lipinski definition) is 1. The molecule has 1 heterocycles. The zero-order chi connectivity index (χ0) is 14.4. The van der Waals surface area contributed by atoms with Crippen molar-refractivity contribution in [3.63, 3.8) is 0 Å². The van der Waals surface area contributed by atoms with Crippen molar-refractivity contribution in [1.82, 2.24) is 15.4 Å². The molecule has 1 fully saturated rings. The summed E-state index contributed by atoms with van der Waals surface area (Å²) in [7, 11) is 0. The molecule has 0 aromatic carbocycles. The van der Waals surface area contributed by atoms with Crippen LogP contribution in [-0.2, 0) is 13.1 Å². The second-order valence-electron chi connectivity index (χ2n) is 6.35. The lowest BCUT2D eigenvalue weighted by atomic mass is 10.1. The predicted octanol–water partition coefficient (Wildman–Crippen LogP) is 3.18. The third-order valence-electron chi connectivity index (χ3n) is 3.76. The molecule has 4 nitrogen and oxygen atoms in total. The standard InChI is InChI=1S/C16H29N3O/c1-4-8-17-11-14-10-16(20-18-14)12-19(15-5-6-15)9-7-13(2)3/h10,13,15,17H,4-9,11-12H2,1-3H3. The minimum absolute atomic E-state index is 0.764. The van der Waals surface area contributed by atoms with Gasteiger partial charge in [0.1, 0.15) is 0 Å². The summed E-state index contributed by atoms with van der Waals surface area (Å²) < 4.78 is 5.48. The smallest absolute Gasteiger partial charge is 0.151 e. The largest absolute Gasteiger partial charge is 0.360 e. The van der Waals surface area contributed by atoms with Gasteiger partial charge in [-0.1, -0.05) is 25.9 Å². The summed E-state index contributed by atoms with van der Waals surface area (Å²) in [6.45, 7) is 10.7. The Kier molecular flexibility index (Phi) is 6.05. The fourth-order valence-electron chi connectivity index (χ4n) is 2.36. The Labute approximate surface area is 122 Å². The molecule has 2 rings (SSSR count). The van der Waals surface area contributed by atoms with Crippen molar-refractivity contribution in [3.8, 4) is 0 Å². The van der Waals surface area contributed by atoms with Crippen LogP contribution in [0.5, 0.6) is 0 Å². The van der Waals surface area contributed by atoms with Crippen LogP contribution in [0.1, 0.15) is 57.9 Å². The van der Waals surface area contributed by atoms with Gasteiger partial charge >= 0.3 is 0 Å². The van der Waals surface area contributed by atoms with E-state index in [9.17, 15) is 0 Å². The predicted molar refractivity (Wildman–Crippen MR) is 81.4 cm³/mol. The lowest BCUT2D eigenvalue weighted by Crippen LogP contribution is -2.27. The summed E-state index contributed by atoms with van der Waals surface area (Å²) in [4.78, 5) is 2.56. The highest BCUT2D eigenvalue weighted by atomic mass is 16.5. The fourth-order valence-corrected chi connectivity index (χ4v) is 2.36. The Morgan fingerprint density at radius 3 is 2.90 bits per heavy atom. The van der Waals surface area contributed by atoms with Crippen LogP contribution in [0, 0.1) is 5.92 Å². The van der Waals surface area contributed by atoms with Crippen molar-refractivity contribution in [2.75, 3.05) is 13.1 Å². The SMILES string of the molecule is CCCNCc1cc(CN(CCC(C)C)C2CC2)on1. The molecule has 0 saturated heterocycles. The molecule has 0 bridgehead atoms. The summed E-state index contributed by atoms with van der Waals surface area (Å²) in [6, 6.07) is 2.88. The molecule has 0 amide bonds. The third kappa shape index (κ3) is 5.25. The molecular weight excluding hydrogens is 250 g/mol. The Morgan fingerprint density at radius 1 is 1.45 bits per heavy atom. The third-order valence-corrected chi connectivity index (χ3v) is 3.76. The zero-order valence-electron chi connectivity index (χ0n) is 13.2. The first-order chi connectivity index (χ1) is 9.69. The Balaban J connectivity index is 1.80. The lowest BCUT2D eigenvalue weighted by Gasteiger charge is -2.21. The van der Waals surface area contributed by atoms with Crippen LogP contribution in [0.15, 0.2) is 10.6 Å². The first-order valence-electron chi connectivity index (χ1n) is 8.08. The molecule has 1 saturated carbocycles. The first kappa shape index (κ1) is 15.5. The van der Waals surface area contributed by atoms with Crippen LogP contribution in [0.25, 0.3) is 0 Å². The van der Waals surface area contributed by atoms with Crippen LogP contribution in [-0.4, -0.2) is 29.2 Å². The minimum Gasteiger partial charge on any atom is -0.360 e. The molecule has 0 spiro atoms. The van der Waals surface area contributed by atoms with Crippen molar-refractivity contribution >= 4 is 0 Å². The topological polar surface area (TPSA) is 41.3 Å². The molecule has 0 radical (unpaired) electrons. The van der Waals surface area contributed by atoms with Gasteiger partial charge in [0.15, 0.2) is 5.76 Å². The first-order valence-corrected chi connectivity index (χ1v) is 8.08. The van der Waals surface area contributed by atoms with Gasteiger partial charge in [-0.25, -0.2) is 0 Å². The maximum Gasteiger partial charge on any atom is 0.151 e. The van der Waals surface area contributed by atoms with Crippen LogP contribution in [0.2, 0.25) is 0 Å². The summed E-state index contributed by atoms with van der Waals surface area (Å²) in [6.07, 6.45) is 5.10. The number of nitrogens with one attached hydrogen (secondary N) is 1. The molecule has 0 unspecified atom stereocenters. The lowest BCUT2D eigenvalue weighted by molar-refractivity contribution is 0.211. The molecule has 1 aromatic rings. The van der Waals surface area contributed by atoms with E-state index < -0.39 is 0 Å². The van der Waals surface area contributed by atoms with E-state index in [-0.39, 0.29) is 0 Å². The van der Waals surface area contributed by atoms with Gasteiger partial charge in [0, 0.05) is 18.7 Å². The Hall–Kier alpha value is -0.870. The molecule has 1 aliphatic rings. The summed E-state index contributed by atoms with van der Waals surface area (Å²) in [5.74, 6) is 1.77. The highest BCUT2D eigenvalue weighted by molar-refractivity contribution is 5.06.